The Morgan fingerprint density at radius 2 is 2.04 bits per heavy atom. The van der Waals surface area contributed by atoms with Gasteiger partial charge >= 0.3 is 0 Å². The summed E-state index contributed by atoms with van der Waals surface area (Å²) >= 11 is 0. The molecule has 0 saturated carbocycles. The Kier molecular flexibility index (Phi) is 11.1. The quantitative estimate of drug-likeness (QED) is 0.275. The Morgan fingerprint density at radius 3 is 2.76 bits per heavy atom. The highest BCUT2D eigenvalue weighted by molar-refractivity contribution is 14.0. The number of rotatable bonds is 7. The van der Waals surface area contributed by atoms with Crippen LogP contribution in [0.1, 0.15) is 25.5 Å². The molecular formula is C17H34IN7. The molecule has 1 aliphatic heterocycles. The number of nitrogens with zero attached hydrogens (tertiary/aromatic N) is 5. The maximum atomic E-state index is 4.64. The van der Waals surface area contributed by atoms with Gasteiger partial charge in [-0.2, -0.15) is 5.10 Å². The maximum Gasteiger partial charge on any atom is 0.191 e. The van der Waals surface area contributed by atoms with Crippen LogP contribution in [0.5, 0.6) is 0 Å². The number of hydrogen-bond donors (Lipinski definition) is 2. The van der Waals surface area contributed by atoms with Crippen LogP contribution in [0.3, 0.4) is 0 Å². The van der Waals surface area contributed by atoms with E-state index in [0.717, 1.165) is 37.7 Å². The average molecular weight is 463 g/mol. The summed E-state index contributed by atoms with van der Waals surface area (Å²) < 4.78 is 1.86. The van der Waals surface area contributed by atoms with Crippen LogP contribution < -0.4 is 10.6 Å². The van der Waals surface area contributed by atoms with Crippen LogP contribution in [0.15, 0.2) is 17.3 Å². The van der Waals surface area contributed by atoms with Crippen molar-refractivity contribution in [3.8, 4) is 0 Å². The van der Waals surface area contributed by atoms with E-state index in [4.69, 9.17) is 0 Å². The normalized spacial score (nSPS) is 17.0. The van der Waals surface area contributed by atoms with E-state index in [0.29, 0.717) is 6.54 Å². The minimum atomic E-state index is 0. The largest absolute Gasteiger partial charge is 0.357 e. The van der Waals surface area contributed by atoms with Crippen LogP contribution in [-0.2, 0) is 13.6 Å². The van der Waals surface area contributed by atoms with E-state index in [-0.39, 0.29) is 24.0 Å². The van der Waals surface area contributed by atoms with Crippen LogP contribution in [0.25, 0.3) is 0 Å². The lowest BCUT2D eigenvalue weighted by Crippen LogP contribution is -2.39. The van der Waals surface area contributed by atoms with Crippen LogP contribution in [0.2, 0.25) is 0 Å². The SMILES string of the molecule is CCNC(=NCc1ccnn1C)NCCCN1CCCN(C)CC1.I. The molecule has 1 saturated heterocycles. The Balaban J connectivity index is 0.00000312. The summed E-state index contributed by atoms with van der Waals surface area (Å²) in [7, 11) is 4.16. The molecule has 0 spiro atoms. The molecule has 0 radical (unpaired) electrons. The molecule has 1 aromatic heterocycles. The van der Waals surface area contributed by atoms with E-state index in [2.05, 4.69) is 44.5 Å². The van der Waals surface area contributed by atoms with Crippen molar-refractivity contribution in [2.45, 2.75) is 26.3 Å². The van der Waals surface area contributed by atoms with Crippen molar-refractivity contribution in [3.63, 3.8) is 0 Å². The molecule has 0 amide bonds. The third-order valence-corrected chi connectivity index (χ3v) is 4.42. The summed E-state index contributed by atoms with van der Waals surface area (Å²) in [5, 5.41) is 10.9. The van der Waals surface area contributed by atoms with Gasteiger partial charge in [0.1, 0.15) is 0 Å². The zero-order chi connectivity index (χ0) is 17.2. The molecule has 2 N–H and O–H groups in total. The number of nitrogens with one attached hydrogen (secondary N) is 2. The molecule has 8 heteroatoms. The summed E-state index contributed by atoms with van der Waals surface area (Å²) in [4.78, 5) is 9.64. The van der Waals surface area contributed by atoms with Gasteiger partial charge in [-0.25, -0.2) is 4.99 Å². The molecule has 0 aromatic carbocycles. The molecule has 1 aromatic rings. The van der Waals surface area contributed by atoms with Gasteiger partial charge in [0.25, 0.3) is 0 Å². The standard InChI is InChI=1S/C17H33N7.HI/c1-4-18-17(20-15-16-7-9-21-23(16)3)19-8-5-11-24-12-6-10-22(2)13-14-24;/h7,9H,4-6,8,10-15H2,1-3H3,(H2,18,19,20);1H. The van der Waals surface area contributed by atoms with Gasteiger partial charge in [-0.15, -0.1) is 24.0 Å². The fraction of sp³-hybridized carbons (Fsp3) is 0.765. The second-order valence-electron chi connectivity index (χ2n) is 6.42. The molecule has 0 bridgehead atoms. The van der Waals surface area contributed by atoms with Gasteiger partial charge in [-0.05, 0) is 52.5 Å². The fourth-order valence-electron chi connectivity index (χ4n) is 2.89. The molecule has 0 unspecified atom stereocenters. The summed E-state index contributed by atoms with van der Waals surface area (Å²) in [6.45, 7) is 10.5. The van der Waals surface area contributed by atoms with Crippen molar-refractivity contribution < 1.29 is 0 Å². The van der Waals surface area contributed by atoms with E-state index in [1.54, 1.807) is 0 Å². The smallest absolute Gasteiger partial charge is 0.191 e. The lowest BCUT2D eigenvalue weighted by Gasteiger charge is -2.20. The van der Waals surface area contributed by atoms with E-state index in [9.17, 15) is 0 Å². The van der Waals surface area contributed by atoms with Crippen molar-refractivity contribution in [3.05, 3.63) is 18.0 Å². The van der Waals surface area contributed by atoms with Gasteiger partial charge in [0.15, 0.2) is 5.96 Å². The Morgan fingerprint density at radius 1 is 1.20 bits per heavy atom. The molecule has 7 nitrogen and oxygen atoms in total. The molecule has 2 heterocycles. The van der Waals surface area contributed by atoms with E-state index in [1.807, 2.05) is 24.0 Å². The van der Waals surface area contributed by atoms with Gasteiger partial charge in [0.05, 0.1) is 12.2 Å². The Bertz CT molecular complexity index is 503. The average Bonchev–Trinajstić information content (AvgIpc) is 2.86. The lowest BCUT2D eigenvalue weighted by molar-refractivity contribution is 0.274. The van der Waals surface area contributed by atoms with E-state index >= 15 is 0 Å². The van der Waals surface area contributed by atoms with Crippen molar-refractivity contribution in [2.75, 3.05) is 52.9 Å². The predicted molar refractivity (Wildman–Crippen MR) is 115 cm³/mol. The number of halogens is 1. The van der Waals surface area contributed by atoms with Crippen LogP contribution in [-0.4, -0.2) is 78.4 Å². The topological polar surface area (TPSA) is 60.7 Å². The van der Waals surface area contributed by atoms with E-state index in [1.165, 1.54) is 32.6 Å². The highest BCUT2D eigenvalue weighted by Gasteiger charge is 2.11. The fourth-order valence-corrected chi connectivity index (χ4v) is 2.89. The predicted octanol–water partition coefficient (Wildman–Crippen LogP) is 1.12. The zero-order valence-corrected chi connectivity index (χ0v) is 18.2. The number of aliphatic imine (C=N–C) groups is 1. The zero-order valence-electron chi connectivity index (χ0n) is 15.9. The molecule has 0 atom stereocenters. The maximum absolute atomic E-state index is 4.64. The molecule has 0 aliphatic carbocycles. The summed E-state index contributed by atoms with van der Waals surface area (Å²) in [5.74, 6) is 0.884. The van der Waals surface area contributed by atoms with Gasteiger partial charge in [-0.1, -0.05) is 0 Å². The molecule has 1 aliphatic rings. The van der Waals surface area contributed by atoms with Crippen molar-refractivity contribution in [2.24, 2.45) is 12.0 Å². The minimum Gasteiger partial charge on any atom is -0.357 e. The summed E-state index contributed by atoms with van der Waals surface area (Å²) in [5.41, 5.74) is 1.11. The number of guanidine groups is 1. The van der Waals surface area contributed by atoms with Crippen molar-refractivity contribution >= 4 is 29.9 Å². The summed E-state index contributed by atoms with van der Waals surface area (Å²) in [6.07, 6.45) is 4.22. The van der Waals surface area contributed by atoms with Gasteiger partial charge in [0, 0.05) is 39.4 Å². The first-order chi connectivity index (χ1) is 11.7. The van der Waals surface area contributed by atoms with Crippen molar-refractivity contribution in [1.82, 2.24) is 30.2 Å². The second-order valence-corrected chi connectivity index (χ2v) is 6.42. The first-order valence-corrected chi connectivity index (χ1v) is 9.09. The van der Waals surface area contributed by atoms with Gasteiger partial charge in [0.2, 0.25) is 0 Å². The first-order valence-electron chi connectivity index (χ1n) is 9.09. The second kappa shape index (κ2) is 12.5. The first kappa shape index (κ1) is 22.2. The van der Waals surface area contributed by atoms with Crippen molar-refractivity contribution in [1.29, 1.82) is 0 Å². The molecule has 25 heavy (non-hydrogen) atoms. The van der Waals surface area contributed by atoms with Crippen LogP contribution >= 0.6 is 24.0 Å². The molecular weight excluding hydrogens is 429 g/mol. The number of aromatic nitrogens is 2. The minimum absolute atomic E-state index is 0. The Hall–Kier alpha value is -0.870. The third-order valence-electron chi connectivity index (χ3n) is 4.42. The van der Waals surface area contributed by atoms with Gasteiger partial charge in [-0.3, -0.25) is 4.68 Å². The van der Waals surface area contributed by atoms with Crippen LogP contribution in [0.4, 0.5) is 0 Å². The molecule has 144 valence electrons. The third kappa shape index (κ3) is 8.37. The number of hydrogen-bond acceptors (Lipinski definition) is 4. The monoisotopic (exact) mass is 463 g/mol. The molecule has 2 rings (SSSR count). The number of likely N-dealkylation sites (N-methyl/N-ethyl adjacent to an activating group) is 1. The summed E-state index contributed by atoms with van der Waals surface area (Å²) in [6, 6.07) is 2.00. The van der Waals surface area contributed by atoms with E-state index < -0.39 is 0 Å². The number of aryl methyl sites for hydroxylation is 1. The highest BCUT2D eigenvalue weighted by atomic mass is 127. The lowest BCUT2D eigenvalue weighted by atomic mass is 10.3. The van der Waals surface area contributed by atoms with Gasteiger partial charge < -0.3 is 20.4 Å². The highest BCUT2D eigenvalue weighted by Crippen LogP contribution is 2.01. The molecule has 1 fully saturated rings. The Labute approximate surface area is 169 Å². The van der Waals surface area contributed by atoms with Crippen LogP contribution in [0, 0.1) is 0 Å².